The molecule has 2 saturated carbocycles. The van der Waals surface area contributed by atoms with Crippen LogP contribution in [0.1, 0.15) is 33.6 Å². The molecule has 2 nitrogen and oxygen atoms in total. The Kier molecular flexibility index (Phi) is 1.76. The van der Waals surface area contributed by atoms with Gasteiger partial charge in [0.25, 0.3) is 0 Å². The van der Waals surface area contributed by atoms with E-state index in [1.807, 2.05) is 6.92 Å². The van der Waals surface area contributed by atoms with E-state index in [9.17, 15) is 10.2 Å². The van der Waals surface area contributed by atoms with E-state index in [0.717, 1.165) is 12.8 Å². The Morgan fingerprint density at radius 1 is 1.36 bits per heavy atom. The lowest BCUT2D eigenvalue weighted by atomic mass is 9.71. The van der Waals surface area contributed by atoms with Crippen molar-refractivity contribution in [2.24, 2.45) is 16.7 Å². The zero-order valence-corrected chi connectivity index (χ0v) is 9.25. The zero-order chi connectivity index (χ0) is 10.8. The fourth-order valence-corrected chi connectivity index (χ4v) is 3.81. The van der Waals surface area contributed by atoms with Gasteiger partial charge >= 0.3 is 0 Å². The van der Waals surface area contributed by atoms with Crippen LogP contribution in [0.5, 0.6) is 0 Å². The maximum atomic E-state index is 10.4. The predicted octanol–water partition coefficient (Wildman–Crippen LogP) is 1.72. The number of fused-ring (bicyclic) bond motifs is 1. The van der Waals surface area contributed by atoms with Crippen molar-refractivity contribution in [1.82, 2.24) is 0 Å². The van der Waals surface area contributed by atoms with E-state index in [1.165, 1.54) is 0 Å². The molecule has 2 heteroatoms. The first-order valence-corrected chi connectivity index (χ1v) is 5.35. The summed E-state index contributed by atoms with van der Waals surface area (Å²) in [5, 5.41) is 20.4. The summed E-state index contributed by atoms with van der Waals surface area (Å²) in [7, 11) is 0. The van der Waals surface area contributed by atoms with Gasteiger partial charge in [0.2, 0.25) is 0 Å². The Hall–Kier alpha value is -0.340. The smallest absolute Gasteiger partial charge is 0.0947 e. The first-order valence-electron chi connectivity index (χ1n) is 5.35. The van der Waals surface area contributed by atoms with Gasteiger partial charge in [-0.1, -0.05) is 26.8 Å². The van der Waals surface area contributed by atoms with Crippen LogP contribution in [0.3, 0.4) is 0 Å². The van der Waals surface area contributed by atoms with E-state index < -0.39 is 5.60 Å². The maximum Gasteiger partial charge on any atom is 0.0947 e. The fraction of sp³-hybridized carbons (Fsp3) is 0.833. The summed E-state index contributed by atoms with van der Waals surface area (Å²) in [6.07, 6.45) is 3.00. The highest BCUT2D eigenvalue weighted by atomic mass is 16.3. The molecule has 0 radical (unpaired) electrons. The van der Waals surface area contributed by atoms with Crippen molar-refractivity contribution in [3.63, 3.8) is 0 Å². The van der Waals surface area contributed by atoms with Crippen LogP contribution in [0.15, 0.2) is 12.7 Å². The van der Waals surface area contributed by atoms with Crippen LogP contribution in [0.25, 0.3) is 0 Å². The summed E-state index contributed by atoms with van der Waals surface area (Å²) < 4.78 is 0. The molecule has 2 aliphatic rings. The van der Waals surface area contributed by atoms with E-state index in [1.54, 1.807) is 6.08 Å². The summed E-state index contributed by atoms with van der Waals surface area (Å²) in [5.74, 6) is 0.156. The molecule has 80 valence electrons. The first kappa shape index (κ1) is 10.2. The van der Waals surface area contributed by atoms with Crippen LogP contribution >= 0.6 is 0 Å². The Labute approximate surface area is 85.6 Å². The second-order valence-electron chi connectivity index (χ2n) is 5.79. The van der Waals surface area contributed by atoms with Gasteiger partial charge in [-0.25, -0.2) is 0 Å². The minimum atomic E-state index is -0.855. The molecule has 0 aromatic rings. The minimum Gasteiger partial charge on any atom is -0.392 e. The maximum absolute atomic E-state index is 10.4. The minimum absolute atomic E-state index is 0.108. The van der Waals surface area contributed by atoms with Crippen LogP contribution < -0.4 is 0 Å². The van der Waals surface area contributed by atoms with Crippen molar-refractivity contribution in [3.8, 4) is 0 Å². The third kappa shape index (κ3) is 0.842. The van der Waals surface area contributed by atoms with E-state index in [-0.39, 0.29) is 22.9 Å². The van der Waals surface area contributed by atoms with Crippen LogP contribution in [-0.2, 0) is 0 Å². The molecule has 2 fully saturated rings. The molecular formula is C12H20O2. The van der Waals surface area contributed by atoms with Crippen molar-refractivity contribution in [3.05, 3.63) is 12.7 Å². The summed E-state index contributed by atoms with van der Waals surface area (Å²) >= 11 is 0. The molecule has 4 atom stereocenters. The lowest BCUT2D eigenvalue weighted by Gasteiger charge is -2.35. The second kappa shape index (κ2) is 2.42. The monoisotopic (exact) mass is 196 g/mol. The first-order chi connectivity index (χ1) is 6.30. The summed E-state index contributed by atoms with van der Waals surface area (Å²) in [6, 6.07) is 0. The number of aliphatic hydroxyl groups excluding tert-OH is 1. The molecule has 0 aliphatic heterocycles. The number of rotatable bonds is 1. The van der Waals surface area contributed by atoms with Crippen LogP contribution in [0, 0.1) is 16.7 Å². The lowest BCUT2D eigenvalue weighted by Crippen LogP contribution is -2.33. The number of aliphatic hydroxyl groups is 2. The van der Waals surface area contributed by atoms with Gasteiger partial charge in [0, 0.05) is 11.3 Å². The van der Waals surface area contributed by atoms with Crippen molar-refractivity contribution in [1.29, 1.82) is 0 Å². The molecule has 2 N–H and O–H groups in total. The van der Waals surface area contributed by atoms with Crippen molar-refractivity contribution in [2.75, 3.05) is 0 Å². The highest BCUT2D eigenvalue weighted by molar-refractivity contribution is 5.34. The molecule has 0 aromatic carbocycles. The molecule has 0 spiro atoms. The highest BCUT2D eigenvalue weighted by Gasteiger charge is 2.79. The molecule has 0 saturated heterocycles. The van der Waals surface area contributed by atoms with Gasteiger partial charge in [0.1, 0.15) is 0 Å². The van der Waals surface area contributed by atoms with Gasteiger partial charge in [-0.15, -0.1) is 6.58 Å². The molecule has 0 aromatic heterocycles. The van der Waals surface area contributed by atoms with Crippen LogP contribution in [-0.4, -0.2) is 21.9 Å². The van der Waals surface area contributed by atoms with Gasteiger partial charge in [-0.2, -0.15) is 0 Å². The van der Waals surface area contributed by atoms with Gasteiger partial charge in [0.15, 0.2) is 0 Å². The summed E-state index contributed by atoms with van der Waals surface area (Å²) in [6.45, 7) is 10.0. The van der Waals surface area contributed by atoms with Crippen molar-refractivity contribution in [2.45, 2.75) is 45.3 Å². The van der Waals surface area contributed by atoms with Crippen LogP contribution in [0.2, 0.25) is 0 Å². The molecule has 2 aliphatic carbocycles. The standard InChI is InChI=1S/C12H20O2/c1-5-12(14)9-10(2,3)7-6-8(13)11(9,12)4/h5,8-9,13-14H,1,6-7H2,2-4H3. The van der Waals surface area contributed by atoms with Gasteiger partial charge < -0.3 is 10.2 Å². The van der Waals surface area contributed by atoms with Gasteiger partial charge in [0.05, 0.1) is 11.7 Å². The summed E-state index contributed by atoms with van der Waals surface area (Å²) in [5.41, 5.74) is -1.11. The molecular weight excluding hydrogens is 176 g/mol. The van der Waals surface area contributed by atoms with E-state index >= 15 is 0 Å². The Morgan fingerprint density at radius 3 is 2.36 bits per heavy atom. The molecule has 0 heterocycles. The molecule has 14 heavy (non-hydrogen) atoms. The van der Waals surface area contributed by atoms with E-state index in [2.05, 4.69) is 20.4 Å². The Balaban J connectivity index is 2.41. The second-order valence-corrected chi connectivity index (χ2v) is 5.79. The van der Waals surface area contributed by atoms with E-state index in [4.69, 9.17) is 0 Å². The number of hydrogen-bond donors (Lipinski definition) is 2. The molecule has 2 rings (SSSR count). The number of hydrogen-bond acceptors (Lipinski definition) is 2. The van der Waals surface area contributed by atoms with Crippen molar-refractivity contribution >= 4 is 0 Å². The van der Waals surface area contributed by atoms with Crippen LogP contribution in [0.4, 0.5) is 0 Å². The quantitative estimate of drug-likeness (QED) is 0.627. The normalized spacial score (nSPS) is 54.9. The largest absolute Gasteiger partial charge is 0.392 e. The summed E-state index contributed by atoms with van der Waals surface area (Å²) in [4.78, 5) is 0. The Morgan fingerprint density at radius 2 is 1.93 bits per heavy atom. The van der Waals surface area contributed by atoms with Gasteiger partial charge in [-0.3, -0.25) is 0 Å². The topological polar surface area (TPSA) is 40.5 Å². The molecule has 0 amide bonds. The third-order valence-corrected chi connectivity index (χ3v) is 4.67. The molecule has 4 unspecified atom stereocenters. The average Bonchev–Trinajstić information content (AvgIpc) is 2.63. The average molecular weight is 196 g/mol. The highest BCUT2D eigenvalue weighted by Crippen LogP contribution is 2.74. The Bertz CT molecular complexity index is 284. The lowest BCUT2D eigenvalue weighted by molar-refractivity contribution is 0.0116. The SMILES string of the molecule is C=CC1(O)C2C(C)(C)CCC(O)C21C. The predicted molar refractivity (Wildman–Crippen MR) is 55.8 cm³/mol. The third-order valence-electron chi connectivity index (χ3n) is 4.67. The van der Waals surface area contributed by atoms with Gasteiger partial charge in [-0.05, 0) is 18.3 Å². The fourth-order valence-electron chi connectivity index (χ4n) is 3.81. The molecule has 0 bridgehead atoms. The zero-order valence-electron chi connectivity index (χ0n) is 9.25. The van der Waals surface area contributed by atoms with E-state index in [0.29, 0.717) is 0 Å². The van der Waals surface area contributed by atoms with Crippen molar-refractivity contribution < 1.29 is 10.2 Å².